The fourth-order valence-corrected chi connectivity index (χ4v) is 17.8. The van der Waals surface area contributed by atoms with Gasteiger partial charge in [0.25, 0.3) is 0 Å². The van der Waals surface area contributed by atoms with E-state index in [1.54, 1.807) is 26.0 Å². The first-order valence-electron chi connectivity index (χ1n) is 40.0. The van der Waals surface area contributed by atoms with Crippen LogP contribution in [-0.2, 0) is 67.0 Å². The van der Waals surface area contributed by atoms with Crippen LogP contribution in [0, 0.1) is 41.4 Å². The van der Waals surface area contributed by atoms with Crippen molar-refractivity contribution in [1.29, 1.82) is 0 Å². The predicted octanol–water partition coefficient (Wildman–Crippen LogP) is 6.86. The number of carbonyl (C=O) groups is 12. The Morgan fingerprint density at radius 2 is 1.24 bits per heavy atom. The summed E-state index contributed by atoms with van der Waals surface area (Å²) in [4.78, 5) is 193. The van der Waals surface area contributed by atoms with Crippen LogP contribution in [0.15, 0.2) is 12.2 Å². The third kappa shape index (κ3) is 22.0. The first-order chi connectivity index (χ1) is 51.8. The van der Waals surface area contributed by atoms with Crippen LogP contribution in [0.5, 0.6) is 0 Å². The van der Waals surface area contributed by atoms with Crippen LogP contribution in [0.25, 0.3) is 0 Å². The molecular weight excluding hydrogens is 1440 g/mol. The highest BCUT2D eigenvalue weighted by molar-refractivity contribution is 6.01. The van der Waals surface area contributed by atoms with Gasteiger partial charge in [0.1, 0.15) is 53.9 Å². The summed E-state index contributed by atoms with van der Waals surface area (Å²) in [5, 5.41) is 8.71. The van der Waals surface area contributed by atoms with E-state index < -0.39 is 204 Å². The van der Waals surface area contributed by atoms with E-state index in [4.69, 9.17) is 9.47 Å². The molecule has 12 amide bonds. The largest absolute Gasteiger partial charge is 0.394 e. The molecule has 6 fully saturated rings. The van der Waals surface area contributed by atoms with Crippen LogP contribution < -0.4 is 16.0 Å². The molecule has 2 bridgehead atoms. The van der Waals surface area contributed by atoms with Gasteiger partial charge in [0.05, 0.1) is 43.6 Å². The number of ether oxygens (including phenoxy) is 2. The first kappa shape index (κ1) is 90.1. The maximum atomic E-state index is 15.7. The zero-order chi connectivity index (χ0) is 81.6. The summed E-state index contributed by atoms with van der Waals surface area (Å²) >= 11 is 0. The van der Waals surface area contributed by atoms with Crippen LogP contribution in [0.4, 0.5) is 26.3 Å². The Labute approximate surface area is 645 Å². The summed E-state index contributed by atoms with van der Waals surface area (Å²) in [5.41, 5.74) is -1.65. The maximum Gasteiger partial charge on any atom is 0.394 e. The SMILES string of the molecule is CCO[C@@H]1C[C@H]2C(=O)NC3(CCC3)C(=O)N(C)[C@@H](C(CC)CC)C(=O)N(C)[C@H](C(=O)N(C)C)CC(=O)N(C)[C@@H](CC3CCCC3)C(=O)N[C@@H]([C@@H](C)CC)C(=O)N(C)CC(=O)N(C)[C@H]3C/C=C\CCN(C3=O)[C@@H](CC3CCC(C(F)(F)F)CC3)C(=O)N(C)CC(=O)N[C@@H](CCC3CCC(C(F)(F)F)C(OC)C3)C(=O)N2C1. The molecule has 13 atom stereocenters. The molecule has 0 aromatic carbocycles. The monoisotopic (exact) mass is 1570 g/mol. The van der Waals surface area contributed by atoms with Crippen LogP contribution >= 0.6 is 0 Å². The summed E-state index contributed by atoms with van der Waals surface area (Å²) in [6, 6.07) is -10.9. The second-order valence-corrected chi connectivity index (χ2v) is 32.6. The summed E-state index contributed by atoms with van der Waals surface area (Å²) in [7, 11) is 12.4. The van der Waals surface area contributed by atoms with E-state index in [-0.39, 0.29) is 128 Å². The molecule has 3 heterocycles. The van der Waals surface area contributed by atoms with E-state index in [9.17, 15) is 45.5 Å². The predicted molar refractivity (Wildman–Crippen MR) is 396 cm³/mol. The number of nitrogens with one attached hydrogen (secondary N) is 3. The van der Waals surface area contributed by atoms with Crippen LogP contribution in [0.3, 0.4) is 0 Å². The van der Waals surface area contributed by atoms with E-state index in [0.29, 0.717) is 25.7 Å². The van der Waals surface area contributed by atoms with Crippen molar-refractivity contribution in [3.05, 3.63) is 12.2 Å². The molecule has 3 unspecified atom stereocenters. The number of hydrogen-bond acceptors (Lipinski definition) is 14. The van der Waals surface area contributed by atoms with E-state index in [2.05, 4.69) is 16.0 Å². The Bertz CT molecular complexity index is 3250. The van der Waals surface area contributed by atoms with Crippen molar-refractivity contribution in [3.63, 3.8) is 0 Å². The number of methoxy groups -OCH3 is 1. The summed E-state index contributed by atoms with van der Waals surface area (Å²) in [6.07, 6.45) is -3.97. The number of hydrogen-bond donors (Lipinski definition) is 3. The lowest BCUT2D eigenvalue weighted by Gasteiger charge is -2.47. The first-order valence-corrected chi connectivity index (χ1v) is 40.0. The standard InChI is InChI=1S/C78H124F6N12O14/c1-15-47(5)65-73(106)90(9)46-64(99)91(10)56-27-20-19-23-38-95(72(56)105)60(40-49-28-32-52(33-29-49)77(79,80)81)71(104)89(8)45-62(97)85-55(35-31-50-30-34-54(78(82,83)84)61(41-50)109-14)69(102)96-44-53(110-18-4)42-58(96)68(101)87-76(36-24-37-76)75(108)94(13)66(51(16-2)17-3)74(107)93(12)59(70(103)88(6)7)43-63(98)92(11)57(67(100)86-65)39-48-25-21-22-26-48/h19-20,47-61,65-66H,15-18,21-46H2,1-14H3,(H,85,97)(H,86,100)(H,87,101)/b20-19-/t47-,49?,50?,52?,53+,54?,55-,56-,57-,58-,59-,60-,61?,65-,66-/m0/s1. The smallest absolute Gasteiger partial charge is 0.381 e. The highest BCUT2D eigenvalue weighted by Gasteiger charge is 2.55. The third-order valence-corrected chi connectivity index (χ3v) is 25.2. The number of nitrogens with zero attached hydrogens (tertiary/aromatic N) is 9. The number of amides is 12. The zero-order valence-corrected chi connectivity index (χ0v) is 67.2. The molecule has 7 rings (SSSR count). The van der Waals surface area contributed by atoms with Crippen molar-refractivity contribution in [2.75, 3.05) is 96.3 Å². The summed E-state index contributed by atoms with van der Waals surface area (Å²) in [6.45, 7) is 7.38. The van der Waals surface area contributed by atoms with Gasteiger partial charge in [-0.1, -0.05) is 84.8 Å². The van der Waals surface area contributed by atoms with Crippen molar-refractivity contribution in [2.24, 2.45) is 41.4 Å². The van der Waals surface area contributed by atoms with E-state index in [0.717, 1.165) is 45.3 Å². The van der Waals surface area contributed by atoms with E-state index in [1.807, 2.05) is 20.8 Å². The normalized spacial score (nSPS) is 30.9. The molecule has 3 aliphatic heterocycles. The van der Waals surface area contributed by atoms with Crippen molar-refractivity contribution in [3.8, 4) is 0 Å². The second kappa shape index (κ2) is 39.6. The minimum absolute atomic E-state index is 0.0201. The molecule has 0 radical (unpaired) electrons. The molecule has 0 aromatic heterocycles. The molecule has 110 heavy (non-hydrogen) atoms. The highest BCUT2D eigenvalue weighted by atomic mass is 19.4. The van der Waals surface area contributed by atoms with Crippen molar-refractivity contribution < 1.29 is 93.4 Å². The van der Waals surface area contributed by atoms with Crippen LogP contribution in [0.2, 0.25) is 0 Å². The summed E-state index contributed by atoms with van der Waals surface area (Å²) in [5.74, 6) is -14.3. The average Bonchev–Trinajstić information content (AvgIpc) is 1.22. The second-order valence-electron chi connectivity index (χ2n) is 32.6. The van der Waals surface area contributed by atoms with Gasteiger partial charge in [0.2, 0.25) is 70.9 Å². The van der Waals surface area contributed by atoms with Crippen molar-refractivity contribution in [2.45, 2.75) is 274 Å². The number of fused-ring (bicyclic) bond motifs is 3. The minimum Gasteiger partial charge on any atom is -0.381 e. The van der Waals surface area contributed by atoms with Crippen molar-refractivity contribution >= 4 is 70.9 Å². The molecule has 7 aliphatic rings. The quantitative estimate of drug-likeness (QED) is 0.105. The third-order valence-electron chi connectivity index (χ3n) is 25.2. The van der Waals surface area contributed by atoms with Gasteiger partial charge in [-0.05, 0) is 139 Å². The van der Waals surface area contributed by atoms with Gasteiger partial charge in [0.15, 0.2) is 0 Å². The van der Waals surface area contributed by atoms with E-state index >= 15 is 38.4 Å². The number of likely N-dealkylation sites (N-methyl/N-ethyl adjacent to an activating group) is 7. The van der Waals surface area contributed by atoms with Gasteiger partial charge in [-0.15, -0.1) is 0 Å². The Balaban J connectivity index is 1.33. The Kier molecular flexibility index (Phi) is 32.4. The molecule has 4 aliphatic carbocycles. The van der Waals surface area contributed by atoms with Gasteiger partial charge in [-0.2, -0.15) is 26.3 Å². The van der Waals surface area contributed by atoms with Gasteiger partial charge >= 0.3 is 12.4 Å². The number of rotatable bonds is 16. The van der Waals surface area contributed by atoms with Gasteiger partial charge < -0.3 is 69.5 Å². The molecule has 2 saturated heterocycles. The van der Waals surface area contributed by atoms with Crippen LogP contribution in [0.1, 0.15) is 195 Å². The molecule has 4 saturated carbocycles. The fraction of sp³-hybridized carbons (Fsp3) is 0.821. The lowest BCUT2D eigenvalue weighted by Crippen LogP contribution is -2.68. The highest BCUT2D eigenvalue weighted by Crippen LogP contribution is 2.45. The molecular formula is C78H124F6N12O14. The molecule has 3 N–H and O–H groups in total. The van der Waals surface area contributed by atoms with Gasteiger partial charge in [-0.25, -0.2) is 0 Å². The van der Waals surface area contributed by atoms with Gasteiger partial charge in [0, 0.05) is 89.6 Å². The Morgan fingerprint density at radius 3 is 1.81 bits per heavy atom. The maximum absolute atomic E-state index is 15.7. The topological polar surface area (TPSA) is 289 Å². The minimum atomic E-state index is -4.56. The molecule has 622 valence electrons. The molecule has 26 nitrogen and oxygen atoms in total. The Hall–Kier alpha value is -7.12. The Morgan fingerprint density at radius 1 is 0.618 bits per heavy atom. The number of carbonyl (C=O) groups excluding carboxylic acids is 12. The van der Waals surface area contributed by atoms with Gasteiger partial charge in [-0.3, -0.25) is 57.5 Å². The molecule has 0 aromatic rings. The fourth-order valence-electron chi connectivity index (χ4n) is 17.8. The lowest BCUT2D eigenvalue weighted by atomic mass is 9.74. The van der Waals surface area contributed by atoms with E-state index in [1.165, 1.54) is 88.0 Å². The molecule has 32 heteroatoms. The lowest BCUT2D eigenvalue weighted by molar-refractivity contribution is -0.215. The number of alkyl halides is 6. The summed E-state index contributed by atoms with van der Waals surface area (Å²) < 4.78 is 97.0. The van der Waals surface area contributed by atoms with Crippen molar-refractivity contribution in [1.82, 2.24) is 60.0 Å². The average molecular weight is 1570 g/mol. The zero-order valence-electron chi connectivity index (χ0n) is 67.2. The molecule has 1 spiro atoms. The van der Waals surface area contributed by atoms with Crippen LogP contribution in [-0.4, -0.2) is 290 Å². The number of halogens is 6.